The lowest BCUT2D eigenvalue weighted by atomic mass is 9.94. The molecule has 0 bridgehead atoms. The summed E-state index contributed by atoms with van der Waals surface area (Å²) in [5.74, 6) is -0.233. The number of hydrogen-bond donors (Lipinski definition) is 4. The predicted molar refractivity (Wildman–Crippen MR) is 105 cm³/mol. The van der Waals surface area contributed by atoms with Crippen LogP contribution in [-0.2, 0) is 17.4 Å². The van der Waals surface area contributed by atoms with E-state index in [1.807, 2.05) is 20.8 Å². The van der Waals surface area contributed by atoms with E-state index in [0.717, 1.165) is 36.8 Å². The summed E-state index contributed by atoms with van der Waals surface area (Å²) in [5, 5.41) is 25.2. The molecule has 2 atom stereocenters. The molecule has 7 nitrogen and oxygen atoms in total. The molecule has 0 saturated heterocycles. The van der Waals surface area contributed by atoms with Crippen molar-refractivity contribution in [2.24, 2.45) is 0 Å². The van der Waals surface area contributed by atoms with E-state index in [4.69, 9.17) is 9.52 Å². The lowest BCUT2D eigenvalue weighted by Gasteiger charge is -2.25. The van der Waals surface area contributed by atoms with Gasteiger partial charge < -0.3 is 25.3 Å². The molecule has 1 amide bonds. The molecule has 1 saturated carbocycles. The molecule has 1 aliphatic rings. The second-order valence-corrected chi connectivity index (χ2v) is 8.85. The monoisotopic (exact) mass is 423 g/mol. The first kappa shape index (κ1) is 22.2. The molecule has 0 radical (unpaired) electrons. The summed E-state index contributed by atoms with van der Waals surface area (Å²) in [6.45, 7) is 6.11. The van der Waals surface area contributed by atoms with Gasteiger partial charge in [0.25, 0.3) is 0 Å². The SMILES string of the molecule is CC(C)(C)c1cnc(C2(NCC(O)C(Cc3cc(F)cc(F)c3)NC(=O)O)CC2)o1. The highest BCUT2D eigenvalue weighted by molar-refractivity contribution is 5.65. The van der Waals surface area contributed by atoms with E-state index in [0.29, 0.717) is 5.89 Å². The van der Waals surface area contributed by atoms with Crippen LogP contribution in [0.5, 0.6) is 0 Å². The maximum Gasteiger partial charge on any atom is 0.404 e. The minimum Gasteiger partial charge on any atom is -0.465 e. The molecule has 4 N–H and O–H groups in total. The second-order valence-electron chi connectivity index (χ2n) is 8.85. The Morgan fingerprint density at radius 3 is 2.40 bits per heavy atom. The van der Waals surface area contributed by atoms with Gasteiger partial charge in [-0.3, -0.25) is 0 Å². The normalized spacial score (nSPS) is 17.4. The van der Waals surface area contributed by atoms with Crippen LogP contribution in [0.15, 0.2) is 28.8 Å². The fraction of sp³-hybridized carbons (Fsp3) is 0.524. The van der Waals surface area contributed by atoms with Crippen molar-refractivity contribution in [1.82, 2.24) is 15.6 Å². The Morgan fingerprint density at radius 1 is 1.27 bits per heavy atom. The van der Waals surface area contributed by atoms with Crippen molar-refractivity contribution in [1.29, 1.82) is 0 Å². The van der Waals surface area contributed by atoms with Crippen molar-refractivity contribution in [2.75, 3.05) is 6.54 Å². The van der Waals surface area contributed by atoms with Gasteiger partial charge in [-0.1, -0.05) is 20.8 Å². The fourth-order valence-electron chi connectivity index (χ4n) is 3.30. The van der Waals surface area contributed by atoms with Crippen LogP contribution in [0.2, 0.25) is 0 Å². The molecule has 1 heterocycles. The highest BCUT2D eigenvalue weighted by Crippen LogP contribution is 2.45. The highest BCUT2D eigenvalue weighted by Gasteiger charge is 2.49. The number of halogens is 2. The van der Waals surface area contributed by atoms with Crippen LogP contribution in [0.25, 0.3) is 0 Å². The van der Waals surface area contributed by atoms with Gasteiger partial charge in [0, 0.05) is 18.0 Å². The van der Waals surface area contributed by atoms with Crippen LogP contribution in [0.4, 0.5) is 13.6 Å². The quantitative estimate of drug-likeness (QED) is 0.520. The Morgan fingerprint density at radius 2 is 1.90 bits per heavy atom. The number of nitrogens with one attached hydrogen (secondary N) is 2. The van der Waals surface area contributed by atoms with E-state index >= 15 is 0 Å². The molecule has 1 aromatic carbocycles. The van der Waals surface area contributed by atoms with Crippen LogP contribution in [0.3, 0.4) is 0 Å². The van der Waals surface area contributed by atoms with Crippen molar-refractivity contribution >= 4 is 6.09 Å². The first-order chi connectivity index (χ1) is 14.0. The number of carboxylic acid groups (broad SMARTS) is 1. The molecule has 2 aromatic rings. The number of aliphatic hydroxyl groups excluding tert-OH is 1. The Balaban J connectivity index is 1.67. The maximum atomic E-state index is 13.5. The number of hydrogen-bond acceptors (Lipinski definition) is 5. The molecule has 2 unspecified atom stereocenters. The average molecular weight is 423 g/mol. The van der Waals surface area contributed by atoms with Crippen molar-refractivity contribution in [2.45, 2.75) is 63.1 Å². The van der Waals surface area contributed by atoms with Gasteiger partial charge in [-0.05, 0) is 37.0 Å². The number of carbonyl (C=O) groups is 1. The number of aliphatic hydroxyl groups is 1. The zero-order chi connectivity index (χ0) is 22.1. The minimum absolute atomic E-state index is 0.0516. The summed E-state index contributed by atoms with van der Waals surface area (Å²) in [6.07, 6.45) is 0.706. The van der Waals surface area contributed by atoms with Gasteiger partial charge in [-0.15, -0.1) is 0 Å². The van der Waals surface area contributed by atoms with Gasteiger partial charge in [0.05, 0.1) is 23.9 Å². The third kappa shape index (κ3) is 5.34. The Bertz CT molecular complexity index is 886. The van der Waals surface area contributed by atoms with Crippen LogP contribution in [0, 0.1) is 11.6 Å². The van der Waals surface area contributed by atoms with E-state index in [1.54, 1.807) is 6.20 Å². The summed E-state index contributed by atoms with van der Waals surface area (Å²) in [6, 6.07) is 2.01. The molecule has 0 aliphatic heterocycles. The van der Waals surface area contributed by atoms with Crippen molar-refractivity contribution in [3.63, 3.8) is 0 Å². The average Bonchev–Trinajstić information content (AvgIpc) is 3.22. The van der Waals surface area contributed by atoms with Gasteiger partial charge in [0.15, 0.2) is 0 Å². The van der Waals surface area contributed by atoms with Crippen LogP contribution in [0.1, 0.15) is 50.8 Å². The highest BCUT2D eigenvalue weighted by atomic mass is 19.1. The zero-order valence-electron chi connectivity index (χ0n) is 17.2. The van der Waals surface area contributed by atoms with E-state index in [9.17, 15) is 18.7 Å². The van der Waals surface area contributed by atoms with Gasteiger partial charge in [0.2, 0.25) is 5.89 Å². The summed E-state index contributed by atoms with van der Waals surface area (Å²) in [5.41, 5.74) is -0.435. The summed E-state index contributed by atoms with van der Waals surface area (Å²) < 4.78 is 32.8. The Hall–Kier alpha value is -2.52. The molecule has 3 rings (SSSR count). The van der Waals surface area contributed by atoms with Gasteiger partial charge in [0.1, 0.15) is 17.4 Å². The van der Waals surface area contributed by atoms with Crippen LogP contribution >= 0.6 is 0 Å². The van der Waals surface area contributed by atoms with Gasteiger partial charge in [-0.2, -0.15) is 0 Å². The first-order valence-electron chi connectivity index (χ1n) is 9.83. The molecule has 30 heavy (non-hydrogen) atoms. The number of benzene rings is 1. The van der Waals surface area contributed by atoms with Crippen LogP contribution in [-0.4, -0.2) is 40.0 Å². The zero-order valence-corrected chi connectivity index (χ0v) is 17.2. The largest absolute Gasteiger partial charge is 0.465 e. The molecule has 1 aromatic heterocycles. The number of oxazole rings is 1. The second kappa shape index (κ2) is 8.31. The first-order valence-corrected chi connectivity index (χ1v) is 9.83. The van der Waals surface area contributed by atoms with E-state index in [1.165, 1.54) is 0 Å². The maximum absolute atomic E-state index is 13.5. The Kier molecular flexibility index (Phi) is 6.14. The predicted octanol–water partition coefficient (Wildman–Crippen LogP) is 3.07. The molecule has 1 aliphatic carbocycles. The van der Waals surface area contributed by atoms with Crippen molar-refractivity contribution in [3.05, 3.63) is 53.2 Å². The molecule has 0 spiro atoms. The van der Waals surface area contributed by atoms with E-state index in [-0.39, 0.29) is 23.9 Å². The number of amides is 1. The summed E-state index contributed by atoms with van der Waals surface area (Å²) in [7, 11) is 0. The third-order valence-corrected chi connectivity index (χ3v) is 5.21. The topological polar surface area (TPSA) is 108 Å². The van der Waals surface area contributed by atoms with Crippen molar-refractivity contribution < 1.29 is 28.2 Å². The van der Waals surface area contributed by atoms with Crippen molar-refractivity contribution in [3.8, 4) is 0 Å². The lowest BCUT2D eigenvalue weighted by Crippen LogP contribution is -2.49. The minimum atomic E-state index is -1.33. The van der Waals surface area contributed by atoms with Crippen LogP contribution < -0.4 is 10.6 Å². The summed E-state index contributed by atoms with van der Waals surface area (Å²) in [4.78, 5) is 15.5. The summed E-state index contributed by atoms with van der Waals surface area (Å²) >= 11 is 0. The molecule has 1 fully saturated rings. The number of aromatic nitrogens is 1. The fourth-order valence-corrected chi connectivity index (χ4v) is 3.30. The Labute approximate surface area is 173 Å². The molecular formula is C21H27F2N3O4. The standard InChI is InChI=1S/C21H27F2N3O4/c1-20(2,3)17-11-24-18(30-17)21(4-5-21)25-10-16(27)15(26-19(28)29)8-12-6-13(22)9-14(23)7-12/h6-7,9,11,15-16,25-27H,4-5,8,10H2,1-3H3,(H,28,29). The smallest absolute Gasteiger partial charge is 0.404 e. The van der Waals surface area contributed by atoms with E-state index < -0.39 is 35.4 Å². The van der Waals surface area contributed by atoms with Gasteiger partial charge >= 0.3 is 6.09 Å². The molecule has 164 valence electrons. The lowest BCUT2D eigenvalue weighted by molar-refractivity contribution is 0.112. The molecular weight excluding hydrogens is 396 g/mol. The number of rotatable bonds is 8. The third-order valence-electron chi connectivity index (χ3n) is 5.21. The van der Waals surface area contributed by atoms with E-state index in [2.05, 4.69) is 15.6 Å². The van der Waals surface area contributed by atoms with Gasteiger partial charge in [-0.25, -0.2) is 18.6 Å². The number of nitrogens with zero attached hydrogens (tertiary/aromatic N) is 1. The molecule has 9 heteroatoms.